The quantitative estimate of drug-likeness (QED) is 0.0343. The molecule has 50 heteroatoms. The number of carbonyl (C=O) groups is 6. The number of aromatic amines is 1. The van der Waals surface area contributed by atoms with Gasteiger partial charge in [0, 0.05) is 74.3 Å². The first-order chi connectivity index (χ1) is 57.1. The van der Waals surface area contributed by atoms with Crippen LogP contribution in [0.2, 0.25) is 30.1 Å². The van der Waals surface area contributed by atoms with Gasteiger partial charge in [0.05, 0.1) is 90.5 Å². The lowest BCUT2D eigenvalue weighted by molar-refractivity contribution is -0.138. The normalized spacial score (nSPS) is 11.9. The fraction of sp³-hybridized carbons (Fsp3) is 0.297. The summed E-state index contributed by atoms with van der Waals surface area (Å²) in [7, 11) is -13.8. The predicted octanol–water partition coefficient (Wildman–Crippen LogP) is 18.8. The number of carbonyl (C=O) groups excluding carboxylic acids is 5. The van der Waals surface area contributed by atoms with Crippen molar-refractivity contribution in [3.63, 3.8) is 0 Å². The first-order valence-corrected chi connectivity index (χ1v) is 42.1. The van der Waals surface area contributed by atoms with Gasteiger partial charge in [0.2, 0.25) is 0 Å². The number of halogens is 15. The molecule has 0 unspecified atom stereocenters. The van der Waals surface area contributed by atoms with Gasteiger partial charge >= 0.3 is 42.8 Å². The van der Waals surface area contributed by atoms with Gasteiger partial charge < -0.3 is 25.1 Å². The average molecular weight is 1920 g/mol. The number of anilines is 6. The van der Waals surface area contributed by atoms with E-state index in [2.05, 4.69) is 51.7 Å². The summed E-state index contributed by atoms with van der Waals surface area (Å²) in [4.78, 5) is 84.2. The number of pyridine rings is 3. The van der Waals surface area contributed by atoms with Crippen LogP contribution in [0.1, 0.15) is 143 Å². The van der Waals surface area contributed by atoms with Gasteiger partial charge in [0.1, 0.15) is 22.6 Å². The maximum absolute atomic E-state index is 13.4. The lowest BCUT2D eigenvalue weighted by atomic mass is 10.2. The number of aromatic nitrogens is 10. The van der Waals surface area contributed by atoms with Gasteiger partial charge in [-0.2, -0.15) is 59.1 Å². The molecule has 0 aliphatic carbocycles. The van der Waals surface area contributed by atoms with Crippen LogP contribution in [0.5, 0.6) is 0 Å². The maximum atomic E-state index is 13.4. The summed E-state index contributed by atoms with van der Waals surface area (Å²) in [6.07, 6.45) is -3.75. The average Bonchev–Trinajstić information content (AvgIpc) is 0.883. The Kier molecular flexibility index (Phi) is 33.8. The Morgan fingerprint density at radius 3 is 1.19 bits per heavy atom. The zero-order valence-corrected chi connectivity index (χ0v) is 73.6. The van der Waals surface area contributed by atoms with Crippen molar-refractivity contribution in [3.8, 4) is 0 Å². The van der Waals surface area contributed by atoms with Crippen molar-refractivity contribution >= 4 is 170 Å². The SMILES string of the molecule is CC(C)(C)OC(=O)n1ccc(N)c1.CCCc1ccn(C(=O)OC(C)(C)C)n1.CCN(C(=O)c1ncc(Cl)cc1NS(=O)(=O)c1ccc(Cl)c(C(F)(F)F)c1)c1ccn(C(=O)OC(C)(C)C)n1.CCN(C(=O)c1ncc(Cl)cc1NS(=O)(=O)c1ccc(Cl)c(C(F)(F)F)c1)c1ccn[nH]1.O=C(O)c1ncc(Cl)cc1NS(=O)(=O)c1ccc(Cl)c(C(F)(F)F)c1. The molecular formula is C74H75Cl6F9N16O16S3. The van der Waals surface area contributed by atoms with Gasteiger partial charge in [-0.15, -0.1) is 5.10 Å². The number of aromatic carboxylic acids is 1. The highest BCUT2D eigenvalue weighted by molar-refractivity contribution is 7.93. The van der Waals surface area contributed by atoms with Crippen LogP contribution in [-0.2, 0) is 69.2 Å². The van der Waals surface area contributed by atoms with E-state index in [9.17, 15) is 93.5 Å². The number of nitrogens with zero attached hydrogens (tertiary/aromatic N) is 11. The number of hydrogen-bond donors (Lipinski definition) is 6. The molecule has 0 atom stereocenters. The minimum Gasteiger partial charge on any atom is -0.476 e. The molecule has 32 nitrogen and oxygen atoms in total. The molecule has 670 valence electrons. The van der Waals surface area contributed by atoms with Crippen LogP contribution in [0.25, 0.3) is 0 Å². The van der Waals surface area contributed by atoms with Gasteiger partial charge in [-0.1, -0.05) is 83.0 Å². The van der Waals surface area contributed by atoms with E-state index in [-0.39, 0.29) is 45.4 Å². The third kappa shape index (κ3) is 29.3. The van der Waals surface area contributed by atoms with E-state index in [0.29, 0.717) is 29.7 Å². The number of H-pyrrole nitrogens is 1. The number of ether oxygens (including phenoxy) is 3. The lowest BCUT2D eigenvalue weighted by Crippen LogP contribution is -2.33. The number of nitrogens with two attached hydrogens (primary N) is 1. The summed E-state index contributed by atoms with van der Waals surface area (Å²) >= 11 is 34.1. The third-order valence-corrected chi connectivity index (χ3v) is 20.6. The molecule has 0 radical (unpaired) electrons. The first-order valence-electron chi connectivity index (χ1n) is 35.3. The van der Waals surface area contributed by atoms with E-state index < -0.39 is 171 Å². The van der Waals surface area contributed by atoms with E-state index in [1.54, 1.807) is 53.1 Å². The Labute approximate surface area is 732 Å². The molecule has 124 heavy (non-hydrogen) atoms. The number of nitrogen functional groups attached to an aromatic ring is 1. The molecule has 0 aliphatic rings. The molecule has 0 spiro atoms. The number of aryl methyl sites for hydroxylation is 1. The molecule has 0 saturated heterocycles. The number of benzene rings is 3. The predicted molar refractivity (Wildman–Crippen MR) is 442 cm³/mol. The highest BCUT2D eigenvalue weighted by Crippen LogP contribution is 2.40. The van der Waals surface area contributed by atoms with Gasteiger partial charge in [0.15, 0.2) is 22.9 Å². The highest BCUT2D eigenvalue weighted by Gasteiger charge is 2.39. The maximum Gasteiger partial charge on any atom is 0.435 e. The number of alkyl halides is 9. The summed E-state index contributed by atoms with van der Waals surface area (Å²) in [5.41, 5.74) is -1.49. The molecule has 3 aromatic carbocycles. The zero-order valence-electron chi connectivity index (χ0n) is 66.6. The number of carboxylic acids is 1. The molecule has 10 aromatic rings. The second-order valence-corrected chi connectivity index (χ2v) is 35.7. The van der Waals surface area contributed by atoms with Crippen molar-refractivity contribution in [2.75, 3.05) is 42.8 Å². The molecule has 0 saturated carbocycles. The second kappa shape index (κ2) is 41.2. The molecule has 7 N–H and O–H groups in total. The Balaban J connectivity index is 0.000000252. The van der Waals surface area contributed by atoms with Crippen LogP contribution < -0.4 is 29.7 Å². The van der Waals surface area contributed by atoms with Gasteiger partial charge in [-0.05, 0) is 168 Å². The molecule has 0 fully saturated rings. The van der Waals surface area contributed by atoms with E-state index >= 15 is 0 Å². The van der Waals surface area contributed by atoms with Crippen molar-refractivity contribution in [2.24, 2.45) is 0 Å². The minimum absolute atomic E-state index is 0.00377. The number of carboxylic acid groups (broad SMARTS) is 1. The summed E-state index contributed by atoms with van der Waals surface area (Å²) < 4.78 is 219. The van der Waals surface area contributed by atoms with Crippen LogP contribution in [-0.4, -0.2) is 146 Å². The number of nitrogens with one attached hydrogen (secondary N) is 4. The smallest absolute Gasteiger partial charge is 0.435 e. The van der Waals surface area contributed by atoms with Crippen molar-refractivity contribution in [1.29, 1.82) is 0 Å². The molecule has 0 bridgehead atoms. The Bertz CT molecular complexity index is 5910. The largest absolute Gasteiger partial charge is 0.476 e. The van der Waals surface area contributed by atoms with Crippen molar-refractivity contribution in [3.05, 3.63) is 216 Å². The Morgan fingerprint density at radius 2 is 0.847 bits per heavy atom. The number of hydrogen-bond acceptors (Lipinski definition) is 22. The number of rotatable bonds is 18. The van der Waals surface area contributed by atoms with Gasteiger partial charge in [0.25, 0.3) is 41.9 Å². The Morgan fingerprint density at radius 1 is 0.484 bits per heavy atom. The third-order valence-electron chi connectivity index (χ3n) is 14.9. The lowest BCUT2D eigenvalue weighted by Gasteiger charge is -2.20. The van der Waals surface area contributed by atoms with Crippen molar-refractivity contribution in [1.82, 2.24) is 49.3 Å². The topological polar surface area (TPSA) is 429 Å². The standard InChI is InChI=1S/C23H22Cl2F3N5O5S.C18H14Cl2F3N5O3S.C13H7Cl2F3N2O4S.C11H18N2O2.C9H14N2O2/c1-5-32(18-8-9-33(30-18)21(35)38-22(2,3)4)20(34)19-17(10-13(24)12-29-19)31-39(36,37)14-6-7-16(25)15(11-14)23(26,27)28;1-2-28(15-5-6-25-26-15)17(29)16-14(7-10(19)9-24-16)27-32(30,31)11-3-4-13(20)12(8-11)18(21,22)23;14-6-3-10(11(12(21)22)19-5-6)20-25(23,24)7-1-2-9(15)8(4-7)13(16,17)18;1-5-6-9-7-8-13(12-9)10(14)15-11(2,3)4;1-9(2,3)13-8(12)11-5-4-7(10)6-11/h6-12,31H,5H2,1-4H3;3-9,27H,2H2,1H3,(H,25,26);1-5,20H,(H,21,22);7-8H,5-6H2,1-4H3;4-6H,10H2,1-3H3. The van der Waals surface area contributed by atoms with Crippen LogP contribution in [0.4, 0.5) is 88.3 Å². The van der Waals surface area contributed by atoms with E-state index in [1.165, 1.54) is 44.9 Å². The Hall–Kier alpha value is -11.0. The molecule has 0 aliphatic heterocycles. The highest BCUT2D eigenvalue weighted by atomic mass is 35.5. The number of sulfonamides is 3. The van der Waals surface area contributed by atoms with Crippen LogP contribution in [0, 0.1) is 0 Å². The summed E-state index contributed by atoms with van der Waals surface area (Å²) in [6, 6.07) is 15.6. The summed E-state index contributed by atoms with van der Waals surface area (Å²) in [5.74, 6) is -2.74. The molecule has 7 aromatic heterocycles. The van der Waals surface area contributed by atoms with Crippen LogP contribution in [0.3, 0.4) is 0 Å². The summed E-state index contributed by atoms with van der Waals surface area (Å²) in [6.45, 7) is 21.5. The van der Waals surface area contributed by atoms with Crippen LogP contribution >= 0.6 is 69.6 Å². The zero-order chi connectivity index (χ0) is 93.5. The second-order valence-electron chi connectivity index (χ2n) is 28.1. The monoisotopic (exact) mass is 1920 g/mol. The molecule has 10 rings (SSSR count). The summed E-state index contributed by atoms with van der Waals surface area (Å²) in [5, 5.41) is 21.4. The fourth-order valence-corrected chi connectivity index (χ4v) is 14.1. The van der Waals surface area contributed by atoms with Gasteiger partial charge in [-0.25, -0.2) is 59.4 Å². The molecule has 7 heterocycles. The van der Waals surface area contributed by atoms with Crippen molar-refractivity contribution < 1.29 is 113 Å². The van der Waals surface area contributed by atoms with E-state index in [1.807, 2.05) is 52.3 Å². The van der Waals surface area contributed by atoms with Crippen molar-refractivity contribution in [2.45, 2.75) is 146 Å². The van der Waals surface area contributed by atoms with Crippen LogP contribution in [0.15, 0.2) is 161 Å². The first kappa shape index (κ1) is 102. The van der Waals surface area contributed by atoms with E-state index in [0.717, 1.165) is 101 Å². The minimum atomic E-state index is -4.91. The molecule has 2 amide bonds. The van der Waals surface area contributed by atoms with Gasteiger partial charge in [-0.3, -0.25) is 43.2 Å². The molecular weight excluding hydrogens is 1850 g/mol. The number of amides is 2. The van der Waals surface area contributed by atoms with E-state index in [4.69, 9.17) is 94.7 Å². The fourth-order valence-electron chi connectivity index (χ4n) is 9.70.